The van der Waals surface area contributed by atoms with Gasteiger partial charge in [-0.3, -0.25) is 0 Å². The van der Waals surface area contributed by atoms with Gasteiger partial charge in [0.25, 0.3) is 0 Å². The van der Waals surface area contributed by atoms with E-state index in [1.807, 2.05) is 0 Å². The Hall–Kier alpha value is -6.90. The zero-order valence-corrected chi connectivity index (χ0v) is 28.4. The third-order valence-electron chi connectivity index (χ3n) is 10.9. The van der Waals surface area contributed by atoms with Gasteiger partial charge < -0.3 is 9.13 Å². The average molecular weight is 661 g/mol. The number of rotatable bonds is 4. The van der Waals surface area contributed by atoms with Gasteiger partial charge in [0.1, 0.15) is 0 Å². The van der Waals surface area contributed by atoms with Crippen LogP contribution in [0.1, 0.15) is 0 Å². The topological polar surface area (TPSA) is 9.86 Å². The van der Waals surface area contributed by atoms with Crippen LogP contribution in [-0.4, -0.2) is 9.13 Å². The lowest BCUT2D eigenvalue weighted by atomic mass is 9.86. The second kappa shape index (κ2) is 11.3. The summed E-state index contributed by atoms with van der Waals surface area (Å²) in [7, 11) is 0. The third kappa shape index (κ3) is 4.19. The molecule has 2 heteroatoms. The maximum Gasteiger partial charge on any atom is 0.0541 e. The Morgan fingerprint density at radius 2 is 0.519 bits per heavy atom. The quantitative estimate of drug-likeness (QED) is 0.166. The van der Waals surface area contributed by atoms with Crippen LogP contribution in [0.4, 0.5) is 0 Å². The van der Waals surface area contributed by atoms with Gasteiger partial charge in [0.15, 0.2) is 0 Å². The zero-order chi connectivity index (χ0) is 34.2. The SMILES string of the molecule is c1ccc(-c2c3ccccc3c(-c3cc(-n4c5ccccc5c5ccccc54)cc(-n4c5ccccc5c5ccccc54)c3)c3ccccc23)cc1. The van der Waals surface area contributed by atoms with E-state index in [4.69, 9.17) is 0 Å². The van der Waals surface area contributed by atoms with Crippen LogP contribution in [0.2, 0.25) is 0 Å². The first-order valence-electron chi connectivity index (χ1n) is 17.9. The minimum absolute atomic E-state index is 1.13. The highest BCUT2D eigenvalue weighted by Crippen LogP contribution is 2.45. The molecule has 0 amide bonds. The lowest BCUT2D eigenvalue weighted by Gasteiger charge is -2.20. The molecule has 52 heavy (non-hydrogen) atoms. The molecule has 0 aliphatic carbocycles. The summed E-state index contributed by atoms with van der Waals surface area (Å²) in [6, 6.07) is 71.1. The molecule has 9 aromatic carbocycles. The molecule has 0 unspecified atom stereocenters. The van der Waals surface area contributed by atoms with Crippen molar-refractivity contribution < 1.29 is 0 Å². The zero-order valence-electron chi connectivity index (χ0n) is 28.4. The molecular formula is C50H32N2. The van der Waals surface area contributed by atoms with Crippen LogP contribution < -0.4 is 0 Å². The van der Waals surface area contributed by atoms with E-state index in [0.29, 0.717) is 0 Å². The number of nitrogens with zero attached hydrogens (tertiary/aromatic N) is 2. The average Bonchev–Trinajstić information content (AvgIpc) is 3.73. The van der Waals surface area contributed by atoms with Crippen molar-refractivity contribution in [3.8, 4) is 33.6 Å². The minimum atomic E-state index is 1.13. The van der Waals surface area contributed by atoms with Crippen molar-refractivity contribution in [3.63, 3.8) is 0 Å². The van der Waals surface area contributed by atoms with Crippen molar-refractivity contribution >= 4 is 65.2 Å². The molecule has 2 aromatic heterocycles. The summed E-state index contributed by atoms with van der Waals surface area (Å²) in [4.78, 5) is 0. The summed E-state index contributed by atoms with van der Waals surface area (Å²) in [5.41, 5.74) is 12.0. The highest BCUT2D eigenvalue weighted by molar-refractivity contribution is 6.22. The summed E-state index contributed by atoms with van der Waals surface area (Å²) in [5, 5.41) is 10.0. The highest BCUT2D eigenvalue weighted by Gasteiger charge is 2.21. The molecule has 11 rings (SSSR count). The van der Waals surface area contributed by atoms with E-state index >= 15 is 0 Å². The van der Waals surface area contributed by atoms with Crippen molar-refractivity contribution in [1.29, 1.82) is 0 Å². The van der Waals surface area contributed by atoms with Crippen LogP contribution in [0.15, 0.2) is 194 Å². The number of para-hydroxylation sites is 4. The van der Waals surface area contributed by atoms with E-state index in [1.54, 1.807) is 0 Å². The van der Waals surface area contributed by atoms with E-state index < -0.39 is 0 Å². The van der Waals surface area contributed by atoms with Gasteiger partial charge in [0.05, 0.1) is 22.1 Å². The van der Waals surface area contributed by atoms with Crippen molar-refractivity contribution in [2.24, 2.45) is 0 Å². The second-order valence-corrected chi connectivity index (χ2v) is 13.7. The number of aromatic nitrogens is 2. The van der Waals surface area contributed by atoms with E-state index in [1.165, 1.54) is 87.4 Å². The molecule has 0 atom stereocenters. The molecule has 0 saturated heterocycles. The highest BCUT2D eigenvalue weighted by atomic mass is 15.0. The lowest BCUT2D eigenvalue weighted by Crippen LogP contribution is -2.00. The van der Waals surface area contributed by atoms with Crippen LogP contribution >= 0.6 is 0 Å². The third-order valence-corrected chi connectivity index (χ3v) is 10.9. The van der Waals surface area contributed by atoms with Gasteiger partial charge in [-0.05, 0) is 86.3 Å². The summed E-state index contributed by atoms with van der Waals surface area (Å²) in [5.74, 6) is 0. The molecule has 0 radical (unpaired) electrons. The van der Waals surface area contributed by atoms with Gasteiger partial charge in [-0.1, -0.05) is 152 Å². The summed E-state index contributed by atoms with van der Waals surface area (Å²) in [6.45, 7) is 0. The first-order chi connectivity index (χ1) is 25.8. The van der Waals surface area contributed by atoms with Crippen LogP contribution in [0.5, 0.6) is 0 Å². The number of hydrogen-bond acceptors (Lipinski definition) is 0. The molecule has 0 bridgehead atoms. The molecule has 2 nitrogen and oxygen atoms in total. The summed E-state index contributed by atoms with van der Waals surface area (Å²) < 4.78 is 4.91. The Labute approximate surface area is 301 Å². The number of hydrogen-bond donors (Lipinski definition) is 0. The molecule has 0 saturated carbocycles. The molecular weight excluding hydrogens is 629 g/mol. The van der Waals surface area contributed by atoms with Crippen LogP contribution in [0.3, 0.4) is 0 Å². The maximum atomic E-state index is 2.45. The first kappa shape index (κ1) is 28.9. The van der Waals surface area contributed by atoms with Crippen molar-refractivity contribution in [3.05, 3.63) is 194 Å². The predicted molar refractivity (Wildman–Crippen MR) is 221 cm³/mol. The fraction of sp³-hybridized carbons (Fsp3) is 0. The second-order valence-electron chi connectivity index (χ2n) is 13.7. The molecule has 0 N–H and O–H groups in total. The van der Waals surface area contributed by atoms with E-state index in [-0.39, 0.29) is 0 Å². The van der Waals surface area contributed by atoms with Gasteiger partial charge in [-0.2, -0.15) is 0 Å². The van der Waals surface area contributed by atoms with Gasteiger partial charge in [-0.15, -0.1) is 0 Å². The fourth-order valence-corrected chi connectivity index (χ4v) is 8.75. The fourth-order valence-electron chi connectivity index (χ4n) is 8.75. The minimum Gasteiger partial charge on any atom is -0.309 e. The Balaban J connectivity index is 1.31. The number of fused-ring (bicyclic) bond motifs is 8. The Morgan fingerprint density at radius 1 is 0.231 bits per heavy atom. The van der Waals surface area contributed by atoms with Crippen LogP contribution in [0.25, 0.3) is 98.8 Å². The van der Waals surface area contributed by atoms with Gasteiger partial charge >= 0.3 is 0 Å². The van der Waals surface area contributed by atoms with Gasteiger partial charge in [0.2, 0.25) is 0 Å². The standard InChI is InChI=1S/C50H32N2/c1-2-16-33(17-3-1)49-41-22-4-6-24-43(41)50(44-25-7-5-23-42(44)49)34-30-35(51-45-26-12-8-18-37(45)38-19-9-13-27-46(38)51)32-36(31-34)52-47-28-14-10-20-39(47)40-21-11-15-29-48(40)52/h1-32H. The van der Waals surface area contributed by atoms with Crippen LogP contribution in [0, 0.1) is 0 Å². The summed E-state index contributed by atoms with van der Waals surface area (Å²) in [6.07, 6.45) is 0. The molecule has 0 aliphatic heterocycles. The number of benzene rings is 9. The van der Waals surface area contributed by atoms with Crippen LogP contribution in [-0.2, 0) is 0 Å². The molecule has 0 spiro atoms. The largest absolute Gasteiger partial charge is 0.309 e. The lowest BCUT2D eigenvalue weighted by molar-refractivity contribution is 1.14. The normalized spacial score (nSPS) is 11.8. The van der Waals surface area contributed by atoms with Crippen molar-refractivity contribution in [2.75, 3.05) is 0 Å². The van der Waals surface area contributed by atoms with Crippen molar-refractivity contribution in [1.82, 2.24) is 9.13 Å². The first-order valence-corrected chi connectivity index (χ1v) is 17.9. The molecule has 0 fully saturated rings. The summed E-state index contributed by atoms with van der Waals surface area (Å²) >= 11 is 0. The van der Waals surface area contributed by atoms with Gasteiger partial charge in [0, 0.05) is 32.9 Å². The Morgan fingerprint density at radius 3 is 0.885 bits per heavy atom. The van der Waals surface area contributed by atoms with E-state index in [2.05, 4.69) is 203 Å². The van der Waals surface area contributed by atoms with E-state index in [0.717, 1.165) is 11.4 Å². The van der Waals surface area contributed by atoms with Gasteiger partial charge in [-0.25, -0.2) is 0 Å². The molecule has 2 heterocycles. The van der Waals surface area contributed by atoms with Crippen molar-refractivity contribution in [2.45, 2.75) is 0 Å². The van der Waals surface area contributed by atoms with E-state index in [9.17, 15) is 0 Å². The smallest absolute Gasteiger partial charge is 0.0541 e. The monoisotopic (exact) mass is 660 g/mol. The Bertz CT molecular complexity index is 2880. The molecule has 242 valence electrons. The predicted octanol–water partition coefficient (Wildman–Crippen LogP) is 13.5. The Kier molecular flexibility index (Phi) is 6.28. The maximum absolute atomic E-state index is 2.45. The molecule has 0 aliphatic rings. The molecule has 11 aromatic rings.